The summed E-state index contributed by atoms with van der Waals surface area (Å²) in [6.07, 6.45) is 10.1. The molecule has 5 rings (SSSR count). The van der Waals surface area contributed by atoms with Gasteiger partial charge in [-0.1, -0.05) is 68.3 Å². The Balaban J connectivity index is 0.000000207. The number of carbonyl (C=O) groups is 1. The van der Waals surface area contributed by atoms with E-state index < -0.39 is 0 Å². The van der Waals surface area contributed by atoms with Gasteiger partial charge in [-0.05, 0) is 150 Å². The van der Waals surface area contributed by atoms with Gasteiger partial charge in [-0.3, -0.25) is 0 Å². The zero-order chi connectivity index (χ0) is 35.8. The quantitative estimate of drug-likeness (QED) is 0.133. The molecule has 49 heavy (non-hydrogen) atoms. The van der Waals surface area contributed by atoms with Crippen molar-refractivity contribution >= 4 is 6.29 Å². The lowest BCUT2D eigenvalue weighted by molar-refractivity contribution is -0.112. The molecule has 0 bridgehead atoms. The van der Waals surface area contributed by atoms with Gasteiger partial charge >= 0.3 is 0 Å². The fraction of sp³-hybridized carbons (Fsp3) is 0.512. The molecule has 0 spiro atoms. The Morgan fingerprint density at radius 3 is 1.78 bits per heavy atom. The van der Waals surface area contributed by atoms with Crippen molar-refractivity contribution in [3.8, 4) is 5.75 Å². The van der Waals surface area contributed by atoms with Crippen LogP contribution in [-0.4, -0.2) is 44.7 Å². The number of carbonyl (C=O) groups excluding carboxylic acids is 1. The van der Waals surface area contributed by atoms with Crippen LogP contribution in [0.5, 0.6) is 5.75 Å². The van der Waals surface area contributed by atoms with Crippen LogP contribution in [0.15, 0.2) is 66.4 Å². The molecule has 2 aliphatic rings. The van der Waals surface area contributed by atoms with E-state index in [1.54, 1.807) is 0 Å². The standard InChI is InChI=1S/C18H27NO.C16H23NO.C9H11FO/c1-4-14-8-13(3)9-15(10-14)11-17(18(20)5-2)16-6-7-19-12-16;1-3-13-6-12(2)7-14(8-13)9-16(11-18)15-4-5-17-10-15;1-3-7-4-8(10)6-9(5-7)11-2/h5,8-10,16-17,19-20H,4,6-7,11-12H2,1-3H3;6-8,11,15-17H,3-5,9-10H2,1-2H3;4-6H,3H2,1-2H3/b18-5-;;. The van der Waals surface area contributed by atoms with E-state index in [0.717, 1.165) is 83.0 Å². The van der Waals surface area contributed by atoms with E-state index in [9.17, 15) is 14.3 Å². The summed E-state index contributed by atoms with van der Waals surface area (Å²) in [4.78, 5) is 11.3. The van der Waals surface area contributed by atoms with Gasteiger partial charge in [0, 0.05) is 17.9 Å². The van der Waals surface area contributed by atoms with Crippen LogP contribution >= 0.6 is 0 Å². The minimum Gasteiger partial charge on any atom is -0.512 e. The highest BCUT2D eigenvalue weighted by Gasteiger charge is 2.28. The average Bonchev–Trinajstić information content (AvgIpc) is 3.85. The minimum absolute atomic E-state index is 0.173. The molecule has 0 amide bonds. The van der Waals surface area contributed by atoms with Gasteiger partial charge in [-0.15, -0.1) is 0 Å². The lowest BCUT2D eigenvalue weighted by Crippen LogP contribution is -2.22. The molecule has 2 aliphatic heterocycles. The van der Waals surface area contributed by atoms with Gasteiger partial charge in [-0.2, -0.15) is 0 Å². The number of ether oxygens (including phenoxy) is 1. The molecule has 3 N–H and O–H groups in total. The monoisotopic (exact) mass is 672 g/mol. The highest BCUT2D eigenvalue weighted by Crippen LogP contribution is 2.29. The molecule has 0 aromatic heterocycles. The number of methoxy groups -OCH3 is 1. The number of aryl methyl sites for hydroxylation is 5. The second-order valence-corrected chi connectivity index (χ2v) is 13.7. The van der Waals surface area contributed by atoms with Gasteiger partial charge in [0.05, 0.1) is 12.9 Å². The number of halogens is 1. The third kappa shape index (κ3) is 13.1. The molecule has 3 aromatic rings. The summed E-state index contributed by atoms with van der Waals surface area (Å²) in [6, 6.07) is 18.2. The summed E-state index contributed by atoms with van der Waals surface area (Å²) in [7, 11) is 1.54. The van der Waals surface area contributed by atoms with Crippen molar-refractivity contribution in [2.45, 2.75) is 86.5 Å². The smallest absolute Gasteiger partial charge is 0.127 e. The molecular weight excluding hydrogens is 611 g/mol. The highest BCUT2D eigenvalue weighted by atomic mass is 19.1. The summed E-state index contributed by atoms with van der Waals surface area (Å²) in [5.41, 5.74) is 9.02. The minimum atomic E-state index is -0.235. The first-order valence-corrected chi connectivity index (χ1v) is 18.4. The maximum atomic E-state index is 12.7. The predicted octanol–water partition coefficient (Wildman–Crippen LogP) is 8.71. The van der Waals surface area contributed by atoms with Gasteiger partial charge in [-0.25, -0.2) is 4.39 Å². The summed E-state index contributed by atoms with van der Waals surface area (Å²) in [5, 5.41) is 17.0. The summed E-state index contributed by atoms with van der Waals surface area (Å²) in [6.45, 7) is 16.7. The van der Waals surface area contributed by atoms with Crippen molar-refractivity contribution in [2.24, 2.45) is 23.7 Å². The first-order chi connectivity index (χ1) is 23.6. The van der Waals surface area contributed by atoms with Crippen LogP contribution < -0.4 is 15.4 Å². The van der Waals surface area contributed by atoms with Crippen molar-refractivity contribution in [1.82, 2.24) is 10.6 Å². The second-order valence-electron chi connectivity index (χ2n) is 13.7. The van der Waals surface area contributed by atoms with Crippen molar-refractivity contribution < 1.29 is 19.0 Å². The van der Waals surface area contributed by atoms with Crippen molar-refractivity contribution in [1.29, 1.82) is 0 Å². The summed E-state index contributed by atoms with van der Waals surface area (Å²) >= 11 is 0. The number of hydrogen-bond acceptors (Lipinski definition) is 5. The number of hydrogen-bond donors (Lipinski definition) is 3. The van der Waals surface area contributed by atoms with E-state index in [4.69, 9.17) is 4.74 Å². The van der Waals surface area contributed by atoms with E-state index in [-0.39, 0.29) is 17.7 Å². The van der Waals surface area contributed by atoms with Crippen molar-refractivity contribution in [2.75, 3.05) is 33.3 Å². The molecule has 3 aromatic carbocycles. The Bertz CT molecular complexity index is 1450. The number of rotatable bonds is 12. The number of allylic oxidation sites excluding steroid dienone is 2. The molecule has 6 heteroatoms. The number of benzene rings is 3. The maximum Gasteiger partial charge on any atom is 0.127 e. The van der Waals surface area contributed by atoms with Crippen LogP contribution in [-0.2, 0) is 36.9 Å². The van der Waals surface area contributed by atoms with Crippen LogP contribution in [0.2, 0.25) is 0 Å². The first kappa shape index (κ1) is 40.0. The van der Waals surface area contributed by atoms with E-state index in [0.29, 0.717) is 23.3 Å². The molecule has 5 nitrogen and oxygen atoms in total. The molecule has 2 saturated heterocycles. The van der Waals surface area contributed by atoms with Crippen LogP contribution in [0.1, 0.15) is 79.5 Å². The van der Waals surface area contributed by atoms with E-state index in [1.165, 1.54) is 52.6 Å². The number of aliphatic hydroxyl groups excluding tert-OH is 1. The third-order valence-corrected chi connectivity index (χ3v) is 9.93. The Morgan fingerprint density at radius 1 is 0.796 bits per heavy atom. The fourth-order valence-electron chi connectivity index (χ4n) is 7.12. The topological polar surface area (TPSA) is 70.6 Å². The largest absolute Gasteiger partial charge is 0.512 e. The Morgan fingerprint density at radius 2 is 1.31 bits per heavy atom. The molecule has 0 radical (unpaired) electrons. The zero-order valence-electron chi connectivity index (χ0n) is 31.1. The summed E-state index contributed by atoms with van der Waals surface area (Å²) < 4.78 is 17.6. The first-order valence-electron chi connectivity index (χ1n) is 18.4. The molecule has 268 valence electrons. The van der Waals surface area contributed by atoms with Gasteiger partial charge < -0.3 is 25.3 Å². The van der Waals surface area contributed by atoms with Crippen LogP contribution in [0.3, 0.4) is 0 Å². The third-order valence-electron chi connectivity index (χ3n) is 9.93. The number of aldehydes is 1. The average molecular weight is 673 g/mol. The molecule has 0 saturated carbocycles. The Kier molecular flexibility index (Phi) is 17.0. The molecule has 2 fully saturated rings. The van der Waals surface area contributed by atoms with Gasteiger partial charge in [0.15, 0.2) is 0 Å². The fourth-order valence-corrected chi connectivity index (χ4v) is 7.12. The SMILES string of the molecule is C/C=C(\O)C(Cc1cc(C)cc(CC)c1)C1CCNC1.CCc1cc(C)cc(CC(C=O)C2CCNC2)c1.CCc1cc(F)cc(OC)c1. The van der Waals surface area contributed by atoms with Gasteiger partial charge in [0.1, 0.15) is 17.9 Å². The lowest BCUT2D eigenvalue weighted by atomic mass is 9.84. The van der Waals surface area contributed by atoms with E-state index in [2.05, 4.69) is 74.7 Å². The van der Waals surface area contributed by atoms with Crippen LogP contribution in [0.4, 0.5) is 4.39 Å². The zero-order valence-corrected chi connectivity index (χ0v) is 31.1. The molecular formula is C43H61FN2O3. The number of aliphatic hydroxyl groups is 1. The molecule has 0 aliphatic carbocycles. The van der Waals surface area contributed by atoms with Crippen molar-refractivity contribution in [3.63, 3.8) is 0 Å². The Hall–Kier alpha value is -3.48. The molecule has 4 unspecified atom stereocenters. The Labute approximate surface area is 295 Å². The van der Waals surface area contributed by atoms with Crippen LogP contribution in [0.25, 0.3) is 0 Å². The normalized spacial score (nSPS) is 18.5. The highest BCUT2D eigenvalue weighted by molar-refractivity contribution is 5.55. The molecule has 4 atom stereocenters. The number of nitrogens with one attached hydrogen (secondary N) is 2. The van der Waals surface area contributed by atoms with Crippen molar-refractivity contribution in [3.05, 3.63) is 111 Å². The van der Waals surface area contributed by atoms with Gasteiger partial charge in [0.25, 0.3) is 0 Å². The maximum absolute atomic E-state index is 12.7. The van der Waals surface area contributed by atoms with Gasteiger partial charge in [0.2, 0.25) is 0 Å². The second kappa shape index (κ2) is 20.9. The predicted molar refractivity (Wildman–Crippen MR) is 202 cm³/mol. The van der Waals surface area contributed by atoms with Crippen LogP contribution in [0, 0.1) is 43.3 Å². The summed E-state index contributed by atoms with van der Waals surface area (Å²) in [5.74, 6) is 2.40. The van der Waals surface area contributed by atoms with E-state index >= 15 is 0 Å². The van der Waals surface area contributed by atoms with E-state index in [1.807, 2.05) is 26.0 Å². The lowest BCUT2D eigenvalue weighted by Gasteiger charge is -2.23. The molecule has 2 heterocycles.